The van der Waals surface area contributed by atoms with Crippen LogP contribution in [0.25, 0.3) is 0 Å². The quantitative estimate of drug-likeness (QED) is 0.252. The van der Waals surface area contributed by atoms with Gasteiger partial charge in [0.05, 0.1) is 12.2 Å². The lowest BCUT2D eigenvalue weighted by molar-refractivity contribution is -0.141. The Morgan fingerprint density at radius 2 is 1.73 bits per heavy atom. The Labute approximate surface area is 174 Å². The molecule has 8 nitrogen and oxygen atoms in total. The molecule has 0 bridgehead atoms. The van der Waals surface area contributed by atoms with Gasteiger partial charge in [0.2, 0.25) is 11.6 Å². The molecule has 0 amide bonds. The lowest BCUT2D eigenvalue weighted by Crippen LogP contribution is -2.54. The van der Waals surface area contributed by atoms with Crippen molar-refractivity contribution in [2.45, 2.75) is 58.3 Å². The van der Waals surface area contributed by atoms with E-state index in [0.717, 1.165) is 19.8 Å². The highest BCUT2D eigenvalue weighted by molar-refractivity contribution is 6.47. The predicted octanol–water partition coefficient (Wildman–Crippen LogP) is 2.29. The van der Waals surface area contributed by atoms with Gasteiger partial charge in [-0.3, -0.25) is 14.4 Å². The lowest BCUT2D eigenvalue weighted by Gasteiger charge is -2.52. The van der Waals surface area contributed by atoms with Gasteiger partial charge in [-0.1, -0.05) is 27.2 Å². The topological polar surface area (TPSA) is 141 Å². The molecule has 1 saturated carbocycles. The lowest BCUT2D eigenvalue weighted by atomic mass is 9.49. The van der Waals surface area contributed by atoms with Crippen LogP contribution in [0.1, 0.15) is 74.4 Å². The minimum Gasteiger partial charge on any atom is -0.507 e. The normalized spacial score (nSPS) is 26.0. The summed E-state index contributed by atoms with van der Waals surface area (Å²) in [5, 5.41) is 42.3. The average molecular weight is 420 g/mol. The van der Waals surface area contributed by atoms with E-state index in [-0.39, 0.29) is 23.3 Å². The second kappa shape index (κ2) is 7.27. The van der Waals surface area contributed by atoms with Crippen molar-refractivity contribution in [2.24, 2.45) is 11.3 Å². The van der Waals surface area contributed by atoms with Crippen LogP contribution in [-0.2, 0) is 19.7 Å². The van der Waals surface area contributed by atoms with E-state index in [9.17, 15) is 34.8 Å². The van der Waals surface area contributed by atoms with Crippen molar-refractivity contribution >= 4 is 17.5 Å². The van der Waals surface area contributed by atoms with E-state index in [2.05, 4.69) is 0 Å². The van der Waals surface area contributed by atoms with Crippen LogP contribution in [0.3, 0.4) is 0 Å². The first-order valence-electron chi connectivity index (χ1n) is 10.0. The molecule has 0 radical (unpaired) electrons. The zero-order valence-electron chi connectivity index (χ0n) is 17.6. The molecule has 30 heavy (non-hydrogen) atoms. The molecular formula is C22H28O8. The zero-order chi connectivity index (χ0) is 22.6. The number of aliphatic hydroxyl groups excluding tert-OH is 1. The summed E-state index contributed by atoms with van der Waals surface area (Å²) in [6.07, 6.45) is 1.97. The van der Waals surface area contributed by atoms with Crippen molar-refractivity contribution in [3.05, 3.63) is 16.7 Å². The van der Waals surface area contributed by atoms with Gasteiger partial charge in [-0.05, 0) is 18.3 Å². The summed E-state index contributed by atoms with van der Waals surface area (Å²) in [5.41, 5.74) is -2.06. The van der Waals surface area contributed by atoms with Crippen LogP contribution in [0, 0.1) is 11.3 Å². The number of carbonyl (C=O) groups is 3. The van der Waals surface area contributed by atoms with Crippen molar-refractivity contribution in [1.82, 2.24) is 0 Å². The molecule has 2 aliphatic carbocycles. The molecule has 1 aromatic carbocycles. The predicted molar refractivity (Wildman–Crippen MR) is 106 cm³/mol. The van der Waals surface area contributed by atoms with E-state index in [1.807, 2.05) is 13.8 Å². The Morgan fingerprint density at radius 3 is 2.30 bits per heavy atom. The van der Waals surface area contributed by atoms with Gasteiger partial charge >= 0.3 is 5.97 Å². The van der Waals surface area contributed by atoms with Crippen LogP contribution in [-0.4, -0.2) is 51.2 Å². The van der Waals surface area contributed by atoms with E-state index >= 15 is 0 Å². The highest BCUT2D eigenvalue weighted by Crippen LogP contribution is 2.61. The van der Waals surface area contributed by atoms with Crippen molar-refractivity contribution in [3.8, 4) is 17.2 Å². The zero-order valence-corrected chi connectivity index (χ0v) is 17.6. The number of hydrogen-bond acceptors (Lipinski definition) is 8. The van der Waals surface area contributed by atoms with Gasteiger partial charge in [-0.25, -0.2) is 0 Å². The molecule has 0 spiro atoms. The van der Waals surface area contributed by atoms with E-state index in [4.69, 9.17) is 4.74 Å². The third-order valence-electron chi connectivity index (χ3n) is 6.79. The fourth-order valence-corrected chi connectivity index (χ4v) is 5.57. The number of phenols is 3. The Morgan fingerprint density at radius 1 is 1.10 bits per heavy atom. The maximum atomic E-state index is 13.1. The van der Waals surface area contributed by atoms with Crippen LogP contribution < -0.4 is 0 Å². The molecule has 3 rings (SSSR count). The van der Waals surface area contributed by atoms with E-state index < -0.39 is 64.1 Å². The van der Waals surface area contributed by atoms with Crippen LogP contribution in [0.2, 0.25) is 0 Å². The minimum absolute atomic E-state index is 0.0628. The average Bonchev–Trinajstić information content (AvgIpc) is 2.64. The largest absolute Gasteiger partial charge is 0.507 e. The second-order valence-electron chi connectivity index (χ2n) is 9.28. The van der Waals surface area contributed by atoms with Crippen LogP contribution in [0.5, 0.6) is 17.2 Å². The molecule has 3 atom stereocenters. The van der Waals surface area contributed by atoms with Crippen molar-refractivity contribution in [2.75, 3.05) is 13.2 Å². The van der Waals surface area contributed by atoms with E-state index in [1.54, 1.807) is 6.92 Å². The Balaban J connectivity index is 2.29. The number of ether oxygens (including phenoxy) is 1. The third-order valence-corrected chi connectivity index (χ3v) is 6.79. The first-order valence-corrected chi connectivity index (χ1v) is 10.0. The Hall–Kier alpha value is -2.61. The molecule has 0 aromatic heterocycles. The molecule has 1 aromatic rings. The first-order chi connectivity index (χ1) is 13.9. The van der Waals surface area contributed by atoms with E-state index in [1.165, 1.54) is 0 Å². The van der Waals surface area contributed by atoms with Gasteiger partial charge in [0.25, 0.3) is 0 Å². The fourth-order valence-electron chi connectivity index (χ4n) is 5.57. The minimum atomic E-state index is -1.10. The van der Waals surface area contributed by atoms with Crippen LogP contribution in [0.15, 0.2) is 0 Å². The number of ketones is 2. The van der Waals surface area contributed by atoms with Crippen LogP contribution >= 0.6 is 0 Å². The monoisotopic (exact) mass is 420 g/mol. The van der Waals surface area contributed by atoms with Crippen LogP contribution in [0.4, 0.5) is 0 Å². The van der Waals surface area contributed by atoms with Gasteiger partial charge in [-0.2, -0.15) is 0 Å². The number of aliphatic hydroxyl groups is 1. The maximum Gasteiger partial charge on any atom is 0.302 e. The molecular weight excluding hydrogens is 392 g/mol. The summed E-state index contributed by atoms with van der Waals surface area (Å²) < 4.78 is 4.87. The molecule has 2 aliphatic rings. The standard InChI is InChI=1S/C22H28O8/c1-10(24)30-9-11(8-23)12-15(25)13-14(18(28)16(12)26)22(4)7-5-6-21(2,3)20(22)19(29)17(13)27/h11,20,23,25-26,28H,5-9H2,1-4H3. The summed E-state index contributed by atoms with van der Waals surface area (Å²) >= 11 is 0. The fraction of sp³-hybridized carbons (Fsp3) is 0.591. The number of rotatable bonds is 4. The summed E-state index contributed by atoms with van der Waals surface area (Å²) in [7, 11) is 0. The van der Waals surface area contributed by atoms with Gasteiger partial charge in [0.1, 0.15) is 12.4 Å². The van der Waals surface area contributed by atoms with Gasteiger partial charge in [0.15, 0.2) is 11.5 Å². The summed E-state index contributed by atoms with van der Waals surface area (Å²) in [4.78, 5) is 37.3. The number of carbonyl (C=O) groups excluding carboxylic acids is 3. The maximum absolute atomic E-state index is 13.1. The number of hydrogen-bond donors (Lipinski definition) is 4. The first kappa shape index (κ1) is 22.1. The molecule has 1 fully saturated rings. The number of benzene rings is 1. The number of aromatic hydroxyl groups is 3. The molecule has 4 N–H and O–H groups in total. The van der Waals surface area contributed by atoms with Gasteiger partial charge in [-0.15, -0.1) is 0 Å². The molecule has 8 heteroatoms. The number of phenolic OH excluding ortho intramolecular Hbond substituents is 3. The second-order valence-corrected chi connectivity index (χ2v) is 9.28. The highest BCUT2D eigenvalue weighted by Gasteiger charge is 2.59. The molecule has 0 saturated heterocycles. The Bertz CT molecular complexity index is 932. The van der Waals surface area contributed by atoms with Crippen molar-refractivity contribution in [1.29, 1.82) is 0 Å². The molecule has 0 aliphatic heterocycles. The molecule has 164 valence electrons. The summed E-state index contributed by atoms with van der Waals surface area (Å²) in [6, 6.07) is 0. The Kier molecular flexibility index (Phi) is 5.35. The summed E-state index contributed by atoms with van der Waals surface area (Å²) in [6.45, 7) is 5.70. The van der Waals surface area contributed by atoms with Gasteiger partial charge < -0.3 is 25.2 Å². The number of Topliss-reactive ketones (excluding diaryl/α,β-unsaturated/α-hetero) is 2. The number of fused-ring (bicyclic) bond motifs is 3. The smallest absolute Gasteiger partial charge is 0.302 e. The summed E-state index contributed by atoms with van der Waals surface area (Å²) in [5.74, 6) is -5.96. The highest BCUT2D eigenvalue weighted by atomic mass is 16.5. The SMILES string of the molecule is CC(=O)OCC(CO)c1c(O)c(O)c2c(c1O)C(=O)C(=O)C1C(C)(C)CCCC21C. The number of esters is 1. The van der Waals surface area contributed by atoms with Crippen molar-refractivity contribution in [3.63, 3.8) is 0 Å². The third kappa shape index (κ3) is 3.05. The van der Waals surface area contributed by atoms with E-state index in [0.29, 0.717) is 6.42 Å². The van der Waals surface area contributed by atoms with Crippen molar-refractivity contribution < 1.29 is 39.5 Å². The molecule has 3 unspecified atom stereocenters. The molecule has 0 heterocycles. The van der Waals surface area contributed by atoms with Gasteiger partial charge in [0, 0.05) is 35.3 Å².